The van der Waals surface area contributed by atoms with Gasteiger partial charge in [-0.2, -0.15) is 5.10 Å². The zero-order valence-electron chi connectivity index (χ0n) is 12.8. The number of hydrogen-bond donors (Lipinski definition) is 2. The van der Waals surface area contributed by atoms with E-state index >= 15 is 0 Å². The first-order valence-corrected chi connectivity index (χ1v) is 8.79. The number of halogens is 1. The van der Waals surface area contributed by atoms with E-state index in [0.717, 1.165) is 11.1 Å². The van der Waals surface area contributed by atoms with Crippen molar-refractivity contribution in [2.75, 3.05) is 4.72 Å². The number of pyridine rings is 1. The van der Waals surface area contributed by atoms with Gasteiger partial charge >= 0.3 is 0 Å². The summed E-state index contributed by atoms with van der Waals surface area (Å²) < 4.78 is 40.6. The van der Waals surface area contributed by atoms with Gasteiger partial charge in [-0.25, -0.2) is 12.8 Å². The monoisotopic (exact) mass is 346 g/mol. The summed E-state index contributed by atoms with van der Waals surface area (Å²) >= 11 is 0. The second-order valence-corrected chi connectivity index (χ2v) is 7.08. The van der Waals surface area contributed by atoms with Gasteiger partial charge in [-0.15, -0.1) is 0 Å². The molecular formula is C16H15FN4O2S. The molecule has 0 saturated heterocycles. The fraction of sp³-hybridized carbons (Fsp3) is 0.125. The highest BCUT2D eigenvalue weighted by Gasteiger charge is 2.16. The van der Waals surface area contributed by atoms with Crippen LogP contribution in [-0.2, 0) is 15.8 Å². The molecule has 1 aromatic carbocycles. The van der Waals surface area contributed by atoms with Crippen molar-refractivity contribution in [1.29, 1.82) is 0 Å². The normalized spacial score (nSPS) is 11.4. The van der Waals surface area contributed by atoms with E-state index in [0.29, 0.717) is 5.69 Å². The molecule has 0 fully saturated rings. The zero-order chi connectivity index (χ0) is 17.2. The van der Waals surface area contributed by atoms with Crippen LogP contribution in [-0.4, -0.2) is 23.6 Å². The van der Waals surface area contributed by atoms with Gasteiger partial charge in [0.05, 0.1) is 11.4 Å². The molecule has 8 heteroatoms. The molecule has 0 aliphatic carbocycles. The van der Waals surface area contributed by atoms with E-state index in [9.17, 15) is 12.8 Å². The number of benzene rings is 1. The van der Waals surface area contributed by atoms with Crippen molar-refractivity contribution in [3.8, 4) is 11.3 Å². The molecule has 0 saturated carbocycles. The van der Waals surface area contributed by atoms with Crippen molar-refractivity contribution < 1.29 is 12.8 Å². The van der Waals surface area contributed by atoms with Crippen LogP contribution in [0, 0.1) is 12.7 Å². The summed E-state index contributed by atoms with van der Waals surface area (Å²) in [5.74, 6) is -0.856. The van der Waals surface area contributed by atoms with E-state index < -0.39 is 21.6 Å². The van der Waals surface area contributed by atoms with Crippen LogP contribution in [0.2, 0.25) is 0 Å². The number of nitrogens with one attached hydrogen (secondary N) is 2. The second kappa shape index (κ2) is 6.40. The summed E-state index contributed by atoms with van der Waals surface area (Å²) in [6, 6.07) is 9.56. The Balaban J connectivity index is 1.76. The second-order valence-electron chi connectivity index (χ2n) is 5.36. The first-order valence-electron chi connectivity index (χ1n) is 7.14. The highest BCUT2D eigenvalue weighted by Crippen LogP contribution is 2.20. The van der Waals surface area contributed by atoms with Gasteiger partial charge in [-0.1, -0.05) is 12.1 Å². The van der Waals surface area contributed by atoms with E-state index in [-0.39, 0.29) is 11.4 Å². The number of H-pyrrole nitrogens is 1. The molecule has 0 amide bonds. The van der Waals surface area contributed by atoms with Gasteiger partial charge in [0.1, 0.15) is 5.82 Å². The van der Waals surface area contributed by atoms with Crippen LogP contribution in [0.15, 0.2) is 48.8 Å². The standard InChI is InChI=1S/C16H15FN4O2S/c1-11-2-3-13(14(17)8-11)10-24(22,23)21-16-9-15(19-20-16)12-4-6-18-7-5-12/h2-9H,10H2,1H3,(H2,19,20,21). The van der Waals surface area contributed by atoms with Crippen molar-refractivity contribution in [1.82, 2.24) is 15.2 Å². The van der Waals surface area contributed by atoms with Gasteiger partial charge in [0, 0.05) is 29.6 Å². The lowest BCUT2D eigenvalue weighted by Gasteiger charge is -2.07. The van der Waals surface area contributed by atoms with Crippen LogP contribution < -0.4 is 4.72 Å². The van der Waals surface area contributed by atoms with Gasteiger partial charge in [0.15, 0.2) is 5.82 Å². The lowest BCUT2D eigenvalue weighted by atomic mass is 10.2. The Morgan fingerprint density at radius 2 is 1.92 bits per heavy atom. The zero-order valence-corrected chi connectivity index (χ0v) is 13.6. The Bertz CT molecular complexity index is 955. The average molecular weight is 346 g/mol. The highest BCUT2D eigenvalue weighted by molar-refractivity contribution is 7.91. The molecular weight excluding hydrogens is 331 g/mol. The van der Waals surface area contributed by atoms with Gasteiger partial charge in [0.25, 0.3) is 0 Å². The molecule has 0 atom stereocenters. The Hall–Kier alpha value is -2.74. The first-order chi connectivity index (χ1) is 11.4. The van der Waals surface area contributed by atoms with Gasteiger partial charge in [-0.05, 0) is 30.7 Å². The lowest BCUT2D eigenvalue weighted by Crippen LogP contribution is -2.16. The van der Waals surface area contributed by atoms with Crippen LogP contribution >= 0.6 is 0 Å². The molecule has 0 aliphatic rings. The van der Waals surface area contributed by atoms with Crippen LogP contribution in [0.3, 0.4) is 0 Å². The number of rotatable bonds is 5. The lowest BCUT2D eigenvalue weighted by molar-refractivity contribution is 0.590. The fourth-order valence-corrected chi connectivity index (χ4v) is 3.36. The number of anilines is 1. The minimum absolute atomic E-state index is 0.109. The SMILES string of the molecule is Cc1ccc(CS(=O)(=O)Nc2cc(-c3ccncc3)[nH]n2)c(F)c1. The topological polar surface area (TPSA) is 87.7 Å². The van der Waals surface area contributed by atoms with E-state index in [4.69, 9.17) is 0 Å². The molecule has 0 aliphatic heterocycles. The van der Waals surface area contributed by atoms with Crippen LogP contribution in [0.4, 0.5) is 10.2 Å². The maximum atomic E-state index is 13.8. The summed E-state index contributed by atoms with van der Waals surface area (Å²) in [5.41, 5.74) is 2.32. The minimum atomic E-state index is -3.78. The van der Waals surface area contributed by atoms with Crippen molar-refractivity contribution in [3.63, 3.8) is 0 Å². The summed E-state index contributed by atoms with van der Waals surface area (Å²) in [6.45, 7) is 1.74. The van der Waals surface area contributed by atoms with Crippen LogP contribution in [0.5, 0.6) is 0 Å². The van der Waals surface area contributed by atoms with Crippen molar-refractivity contribution in [2.24, 2.45) is 0 Å². The smallest absolute Gasteiger partial charge is 0.238 e. The number of nitrogens with zero attached hydrogens (tertiary/aromatic N) is 2. The van der Waals surface area contributed by atoms with Gasteiger partial charge in [0.2, 0.25) is 10.0 Å². The molecule has 6 nitrogen and oxygen atoms in total. The maximum Gasteiger partial charge on any atom is 0.238 e. The van der Waals surface area contributed by atoms with E-state index in [1.54, 1.807) is 43.6 Å². The molecule has 2 N–H and O–H groups in total. The third-order valence-corrected chi connectivity index (χ3v) is 4.59. The molecule has 0 bridgehead atoms. The number of aromatic nitrogens is 3. The molecule has 3 rings (SSSR count). The Kier molecular flexibility index (Phi) is 4.30. The van der Waals surface area contributed by atoms with Gasteiger partial charge < -0.3 is 0 Å². The van der Waals surface area contributed by atoms with E-state index in [2.05, 4.69) is 19.9 Å². The quantitative estimate of drug-likeness (QED) is 0.743. The number of aromatic amines is 1. The molecule has 24 heavy (non-hydrogen) atoms. The molecule has 124 valence electrons. The third kappa shape index (κ3) is 3.77. The number of hydrogen-bond acceptors (Lipinski definition) is 4. The highest BCUT2D eigenvalue weighted by atomic mass is 32.2. The third-order valence-electron chi connectivity index (χ3n) is 3.38. The first kappa shape index (κ1) is 16.1. The molecule has 2 heterocycles. The number of aryl methyl sites for hydroxylation is 1. The number of sulfonamides is 1. The van der Waals surface area contributed by atoms with Gasteiger partial charge in [-0.3, -0.25) is 14.8 Å². The molecule has 2 aromatic heterocycles. The van der Waals surface area contributed by atoms with Crippen molar-refractivity contribution >= 4 is 15.8 Å². The molecule has 0 spiro atoms. The Morgan fingerprint density at radius 3 is 2.62 bits per heavy atom. The predicted molar refractivity (Wildman–Crippen MR) is 89.2 cm³/mol. The van der Waals surface area contributed by atoms with Crippen molar-refractivity contribution in [3.05, 3.63) is 65.7 Å². The molecule has 0 radical (unpaired) electrons. The fourth-order valence-electron chi connectivity index (χ4n) is 2.22. The molecule has 0 unspecified atom stereocenters. The van der Waals surface area contributed by atoms with Crippen LogP contribution in [0.1, 0.15) is 11.1 Å². The summed E-state index contributed by atoms with van der Waals surface area (Å²) in [7, 11) is -3.78. The summed E-state index contributed by atoms with van der Waals surface area (Å²) in [4.78, 5) is 3.92. The maximum absolute atomic E-state index is 13.8. The van der Waals surface area contributed by atoms with E-state index in [1.807, 2.05) is 0 Å². The Labute approximate surface area is 138 Å². The van der Waals surface area contributed by atoms with Crippen molar-refractivity contribution in [2.45, 2.75) is 12.7 Å². The van der Waals surface area contributed by atoms with Crippen LogP contribution in [0.25, 0.3) is 11.3 Å². The minimum Gasteiger partial charge on any atom is -0.276 e. The average Bonchev–Trinajstić information content (AvgIpc) is 2.99. The largest absolute Gasteiger partial charge is 0.276 e. The summed E-state index contributed by atoms with van der Waals surface area (Å²) in [6.07, 6.45) is 3.25. The Morgan fingerprint density at radius 1 is 1.17 bits per heavy atom. The summed E-state index contributed by atoms with van der Waals surface area (Å²) in [5, 5.41) is 6.68. The van der Waals surface area contributed by atoms with E-state index in [1.165, 1.54) is 12.1 Å². The predicted octanol–water partition coefficient (Wildman–Crippen LogP) is 2.86. The molecule has 3 aromatic rings.